The van der Waals surface area contributed by atoms with E-state index in [9.17, 15) is 13.2 Å². The van der Waals surface area contributed by atoms with Crippen molar-refractivity contribution in [1.29, 1.82) is 0 Å². The highest BCUT2D eigenvalue weighted by atomic mass is 32.2. The molecule has 0 saturated heterocycles. The van der Waals surface area contributed by atoms with Crippen LogP contribution in [0.25, 0.3) is 10.8 Å². The van der Waals surface area contributed by atoms with E-state index in [0.29, 0.717) is 11.4 Å². The predicted molar refractivity (Wildman–Crippen MR) is 122 cm³/mol. The van der Waals surface area contributed by atoms with Gasteiger partial charge in [-0.2, -0.15) is 0 Å². The third kappa shape index (κ3) is 4.84. The molecule has 32 heavy (non-hydrogen) atoms. The van der Waals surface area contributed by atoms with Gasteiger partial charge in [-0.15, -0.1) is 0 Å². The van der Waals surface area contributed by atoms with Crippen molar-refractivity contribution in [1.82, 2.24) is 9.97 Å². The fourth-order valence-corrected chi connectivity index (χ4v) is 3.99. The van der Waals surface area contributed by atoms with Crippen molar-refractivity contribution >= 4 is 38.3 Å². The minimum atomic E-state index is -3.85. The molecule has 9 heteroatoms. The van der Waals surface area contributed by atoms with Gasteiger partial charge in [0.15, 0.2) is 6.10 Å². The summed E-state index contributed by atoms with van der Waals surface area (Å²) in [5.41, 5.74) is 0.443. The third-order valence-electron chi connectivity index (χ3n) is 4.65. The number of hydrogen-bond donors (Lipinski definition) is 2. The summed E-state index contributed by atoms with van der Waals surface area (Å²) in [6, 6.07) is 20.8. The predicted octanol–water partition coefficient (Wildman–Crippen LogP) is 3.84. The van der Waals surface area contributed by atoms with Gasteiger partial charge in [0.25, 0.3) is 15.9 Å². The molecule has 1 amide bonds. The molecular weight excluding hydrogens is 428 g/mol. The molecule has 0 aliphatic rings. The lowest BCUT2D eigenvalue weighted by molar-refractivity contribution is -0.122. The SMILES string of the molecule is C[C@@H](Oc1cccc2ccccc12)C(=O)Nc1ccc(S(=O)(=O)Nc2ncccn2)cc1. The summed E-state index contributed by atoms with van der Waals surface area (Å²) in [6.45, 7) is 1.65. The van der Waals surface area contributed by atoms with Crippen molar-refractivity contribution in [2.75, 3.05) is 10.0 Å². The fourth-order valence-electron chi connectivity index (χ4n) is 3.03. The molecule has 0 spiro atoms. The summed E-state index contributed by atoms with van der Waals surface area (Å²) in [5.74, 6) is 0.232. The Morgan fingerprint density at radius 2 is 1.59 bits per heavy atom. The lowest BCUT2D eigenvalue weighted by Crippen LogP contribution is -2.30. The van der Waals surface area contributed by atoms with Gasteiger partial charge in [0.1, 0.15) is 5.75 Å². The number of carbonyl (C=O) groups is 1. The Balaban J connectivity index is 1.42. The number of nitrogens with zero attached hydrogens (tertiary/aromatic N) is 2. The minimum absolute atomic E-state index is 0.0167. The van der Waals surface area contributed by atoms with Crippen LogP contribution in [0.4, 0.5) is 11.6 Å². The van der Waals surface area contributed by atoms with E-state index < -0.39 is 16.1 Å². The van der Waals surface area contributed by atoms with Crippen LogP contribution < -0.4 is 14.8 Å². The number of amides is 1. The Hall–Kier alpha value is -3.98. The third-order valence-corrected chi connectivity index (χ3v) is 5.99. The molecule has 0 saturated carbocycles. The van der Waals surface area contributed by atoms with Crippen molar-refractivity contribution in [3.63, 3.8) is 0 Å². The number of ether oxygens (including phenoxy) is 1. The Morgan fingerprint density at radius 3 is 2.34 bits per heavy atom. The van der Waals surface area contributed by atoms with Crippen molar-refractivity contribution in [2.45, 2.75) is 17.9 Å². The first-order chi connectivity index (χ1) is 15.4. The van der Waals surface area contributed by atoms with E-state index in [1.165, 1.54) is 36.7 Å². The van der Waals surface area contributed by atoms with Gasteiger partial charge in [-0.05, 0) is 48.7 Å². The monoisotopic (exact) mass is 448 g/mol. The van der Waals surface area contributed by atoms with Gasteiger partial charge in [-0.3, -0.25) is 4.79 Å². The van der Waals surface area contributed by atoms with Gasteiger partial charge in [0.05, 0.1) is 4.90 Å². The maximum atomic E-state index is 12.6. The molecule has 3 aromatic carbocycles. The van der Waals surface area contributed by atoms with Crippen LogP contribution in [0.3, 0.4) is 0 Å². The largest absolute Gasteiger partial charge is 0.480 e. The summed E-state index contributed by atoms with van der Waals surface area (Å²) in [6.07, 6.45) is 2.11. The fraction of sp³-hybridized carbons (Fsp3) is 0.0870. The molecule has 0 aliphatic carbocycles. The van der Waals surface area contributed by atoms with Crippen LogP contribution in [-0.4, -0.2) is 30.4 Å². The number of aromatic nitrogens is 2. The Kier molecular flexibility index (Phi) is 6.00. The average molecular weight is 449 g/mol. The lowest BCUT2D eigenvalue weighted by atomic mass is 10.1. The summed E-state index contributed by atoms with van der Waals surface area (Å²) in [5, 5.41) is 4.67. The standard InChI is InChI=1S/C23H20N4O4S/c1-16(31-21-9-4-7-17-6-2-3-8-20(17)21)22(28)26-18-10-12-19(13-11-18)32(29,30)27-23-24-14-5-15-25-23/h2-16H,1H3,(H,26,28)(H,24,25,27)/t16-/m1/s1. The van der Waals surface area contributed by atoms with E-state index >= 15 is 0 Å². The number of fused-ring (bicyclic) bond motifs is 1. The molecule has 4 aromatic rings. The summed E-state index contributed by atoms with van der Waals surface area (Å²) in [7, 11) is -3.85. The number of sulfonamides is 1. The molecule has 0 unspecified atom stereocenters. The van der Waals surface area contributed by atoms with Crippen LogP contribution in [0.1, 0.15) is 6.92 Å². The molecule has 2 N–H and O–H groups in total. The highest BCUT2D eigenvalue weighted by Gasteiger charge is 2.18. The zero-order chi connectivity index (χ0) is 22.6. The number of anilines is 2. The van der Waals surface area contributed by atoms with Gasteiger partial charge in [-0.1, -0.05) is 36.4 Å². The van der Waals surface area contributed by atoms with Crippen molar-refractivity contribution in [2.24, 2.45) is 0 Å². The molecule has 0 fully saturated rings. The van der Waals surface area contributed by atoms with Crippen LogP contribution in [0.2, 0.25) is 0 Å². The molecule has 0 bridgehead atoms. The molecule has 8 nitrogen and oxygen atoms in total. The van der Waals surface area contributed by atoms with Gasteiger partial charge in [0.2, 0.25) is 5.95 Å². The summed E-state index contributed by atoms with van der Waals surface area (Å²) >= 11 is 0. The second-order valence-corrected chi connectivity index (χ2v) is 8.61. The smallest absolute Gasteiger partial charge is 0.265 e. The van der Waals surface area contributed by atoms with Gasteiger partial charge >= 0.3 is 0 Å². The summed E-state index contributed by atoms with van der Waals surface area (Å²) < 4.78 is 33.1. The number of hydrogen-bond acceptors (Lipinski definition) is 6. The molecule has 0 radical (unpaired) electrons. The first kappa shape index (κ1) is 21.3. The number of nitrogens with one attached hydrogen (secondary N) is 2. The Morgan fingerprint density at radius 1 is 0.906 bits per heavy atom. The normalized spacial score (nSPS) is 12.2. The molecule has 162 valence electrons. The highest BCUT2D eigenvalue weighted by molar-refractivity contribution is 7.92. The molecule has 1 aromatic heterocycles. The van der Waals surface area contributed by atoms with Crippen LogP contribution in [0.5, 0.6) is 5.75 Å². The van der Waals surface area contributed by atoms with E-state index in [1.807, 2.05) is 42.5 Å². The second-order valence-electron chi connectivity index (χ2n) is 6.93. The molecule has 1 atom stereocenters. The topological polar surface area (TPSA) is 110 Å². The van der Waals surface area contributed by atoms with Gasteiger partial charge in [0, 0.05) is 23.5 Å². The zero-order valence-corrected chi connectivity index (χ0v) is 17.9. The van der Waals surface area contributed by atoms with E-state index in [2.05, 4.69) is 20.0 Å². The van der Waals surface area contributed by atoms with Crippen LogP contribution in [-0.2, 0) is 14.8 Å². The first-order valence-corrected chi connectivity index (χ1v) is 11.3. The second kappa shape index (κ2) is 9.03. The average Bonchev–Trinajstić information content (AvgIpc) is 2.80. The molecule has 0 aliphatic heterocycles. The quantitative estimate of drug-likeness (QED) is 0.445. The number of carbonyl (C=O) groups excluding carboxylic acids is 1. The first-order valence-electron chi connectivity index (χ1n) is 9.77. The zero-order valence-electron chi connectivity index (χ0n) is 17.1. The minimum Gasteiger partial charge on any atom is -0.480 e. The summed E-state index contributed by atoms with van der Waals surface area (Å²) in [4.78, 5) is 20.3. The Bertz CT molecular complexity index is 1340. The van der Waals surface area contributed by atoms with Crippen molar-refractivity contribution in [3.05, 3.63) is 85.2 Å². The lowest BCUT2D eigenvalue weighted by Gasteiger charge is -2.16. The molecule has 4 rings (SSSR count). The van der Waals surface area contributed by atoms with E-state index in [0.717, 1.165) is 10.8 Å². The van der Waals surface area contributed by atoms with Crippen LogP contribution in [0.15, 0.2) is 90.1 Å². The highest BCUT2D eigenvalue weighted by Crippen LogP contribution is 2.26. The number of rotatable bonds is 7. The van der Waals surface area contributed by atoms with Gasteiger partial charge < -0.3 is 10.1 Å². The van der Waals surface area contributed by atoms with Crippen LogP contribution in [0, 0.1) is 0 Å². The van der Waals surface area contributed by atoms with Crippen molar-refractivity contribution < 1.29 is 17.9 Å². The molecule has 1 heterocycles. The maximum absolute atomic E-state index is 12.6. The Labute approximate surface area is 185 Å². The van der Waals surface area contributed by atoms with Crippen LogP contribution >= 0.6 is 0 Å². The van der Waals surface area contributed by atoms with E-state index in [4.69, 9.17) is 4.74 Å². The van der Waals surface area contributed by atoms with Crippen molar-refractivity contribution in [3.8, 4) is 5.75 Å². The van der Waals surface area contributed by atoms with E-state index in [1.54, 1.807) is 13.0 Å². The number of benzene rings is 3. The van der Waals surface area contributed by atoms with Gasteiger partial charge in [-0.25, -0.2) is 23.1 Å². The molecular formula is C23H20N4O4S. The maximum Gasteiger partial charge on any atom is 0.265 e. The van der Waals surface area contributed by atoms with E-state index in [-0.39, 0.29) is 16.8 Å².